The average Bonchev–Trinajstić information content (AvgIpc) is 2.81. The number of carbonyl (C=O) groups is 2. The molecule has 0 spiro atoms. The van der Waals surface area contributed by atoms with Crippen LogP contribution < -0.4 is 0 Å². The van der Waals surface area contributed by atoms with Crippen molar-refractivity contribution in [2.45, 2.75) is 13.5 Å². The van der Waals surface area contributed by atoms with Gasteiger partial charge in [0, 0.05) is 53.9 Å². The SMILES string of the molecule is Cc1ccc(C(=O)c2ccccc2C(=O)N2CCN(Cc3ccc(Cl)cc3Cl)CC2)cc1. The van der Waals surface area contributed by atoms with Gasteiger partial charge in [-0.2, -0.15) is 0 Å². The fourth-order valence-corrected chi connectivity index (χ4v) is 4.37. The largest absolute Gasteiger partial charge is 0.336 e. The molecule has 1 heterocycles. The zero-order valence-corrected chi connectivity index (χ0v) is 19.4. The second kappa shape index (κ2) is 9.86. The van der Waals surface area contributed by atoms with Crippen molar-refractivity contribution in [3.05, 3.63) is 105 Å². The van der Waals surface area contributed by atoms with Gasteiger partial charge in [0.05, 0.1) is 5.56 Å². The van der Waals surface area contributed by atoms with E-state index in [9.17, 15) is 9.59 Å². The molecule has 0 saturated carbocycles. The summed E-state index contributed by atoms with van der Waals surface area (Å²) in [6, 6.07) is 20.0. The first kappa shape index (κ1) is 22.5. The van der Waals surface area contributed by atoms with E-state index in [0.29, 0.717) is 46.4 Å². The van der Waals surface area contributed by atoms with Gasteiger partial charge in [-0.15, -0.1) is 0 Å². The molecule has 0 radical (unpaired) electrons. The molecule has 4 rings (SSSR count). The van der Waals surface area contributed by atoms with Crippen molar-refractivity contribution < 1.29 is 9.59 Å². The Bertz CT molecular complexity index is 1140. The van der Waals surface area contributed by atoms with Crippen molar-refractivity contribution >= 4 is 34.9 Å². The van der Waals surface area contributed by atoms with Crippen LogP contribution in [-0.2, 0) is 6.54 Å². The lowest BCUT2D eigenvalue weighted by atomic mass is 9.97. The third kappa shape index (κ3) is 5.04. The van der Waals surface area contributed by atoms with Crippen LogP contribution in [-0.4, -0.2) is 47.7 Å². The number of carbonyl (C=O) groups excluding carboxylic acids is 2. The maximum Gasteiger partial charge on any atom is 0.254 e. The van der Waals surface area contributed by atoms with Crippen molar-refractivity contribution in [1.82, 2.24) is 9.80 Å². The Morgan fingerprint density at radius 3 is 2.16 bits per heavy atom. The molecule has 32 heavy (non-hydrogen) atoms. The van der Waals surface area contributed by atoms with Gasteiger partial charge >= 0.3 is 0 Å². The maximum absolute atomic E-state index is 13.3. The molecular formula is C26H24Cl2N2O2. The van der Waals surface area contributed by atoms with Crippen LogP contribution in [0.1, 0.15) is 37.4 Å². The Morgan fingerprint density at radius 2 is 1.50 bits per heavy atom. The third-order valence-electron chi connectivity index (χ3n) is 5.78. The second-order valence-corrected chi connectivity index (χ2v) is 8.89. The number of halogens is 2. The molecule has 3 aromatic carbocycles. The van der Waals surface area contributed by atoms with E-state index in [2.05, 4.69) is 4.90 Å². The summed E-state index contributed by atoms with van der Waals surface area (Å²) in [5.74, 6) is -0.241. The number of benzene rings is 3. The number of amides is 1. The van der Waals surface area contributed by atoms with Gasteiger partial charge in [-0.05, 0) is 30.7 Å². The topological polar surface area (TPSA) is 40.6 Å². The number of hydrogen-bond donors (Lipinski definition) is 0. The van der Waals surface area contributed by atoms with E-state index < -0.39 is 0 Å². The van der Waals surface area contributed by atoms with Gasteiger partial charge in [-0.1, -0.05) is 77.3 Å². The Hall–Kier alpha value is -2.66. The molecule has 1 aliphatic heterocycles. The lowest BCUT2D eigenvalue weighted by Crippen LogP contribution is -2.48. The summed E-state index contributed by atoms with van der Waals surface area (Å²) < 4.78 is 0. The molecule has 164 valence electrons. The highest BCUT2D eigenvalue weighted by Crippen LogP contribution is 2.23. The molecule has 1 fully saturated rings. The van der Waals surface area contributed by atoms with Crippen LogP contribution in [0.5, 0.6) is 0 Å². The summed E-state index contributed by atoms with van der Waals surface area (Å²) in [6.45, 7) is 5.35. The number of rotatable bonds is 5. The maximum atomic E-state index is 13.3. The lowest BCUT2D eigenvalue weighted by Gasteiger charge is -2.35. The van der Waals surface area contributed by atoms with Crippen LogP contribution in [0.25, 0.3) is 0 Å². The predicted molar refractivity (Wildman–Crippen MR) is 129 cm³/mol. The molecule has 0 aliphatic carbocycles. The van der Waals surface area contributed by atoms with Gasteiger partial charge in [0.25, 0.3) is 5.91 Å². The first-order valence-corrected chi connectivity index (χ1v) is 11.3. The predicted octanol–water partition coefficient (Wildman–Crippen LogP) is 5.49. The quantitative estimate of drug-likeness (QED) is 0.466. The summed E-state index contributed by atoms with van der Waals surface area (Å²) in [4.78, 5) is 30.4. The summed E-state index contributed by atoms with van der Waals surface area (Å²) in [6.07, 6.45) is 0. The van der Waals surface area contributed by atoms with Gasteiger partial charge in [0.1, 0.15) is 0 Å². The smallest absolute Gasteiger partial charge is 0.254 e. The number of hydrogen-bond acceptors (Lipinski definition) is 3. The molecule has 4 nitrogen and oxygen atoms in total. The van der Waals surface area contributed by atoms with E-state index in [-0.39, 0.29) is 11.7 Å². The third-order valence-corrected chi connectivity index (χ3v) is 6.37. The number of ketones is 1. The standard InChI is InChI=1S/C26H24Cl2N2O2/c1-18-6-8-19(9-7-18)25(31)22-4-2-3-5-23(22)26(32)30-14-12-29(13-15-30)17-20-10-11-21(27)16-24(20)28/h2-11,16H,12-15,17H2,1H3. The summed E-state index contributed by atoms with van der Waals surface area (Å²) in [5, 5.41) is 1.27. The van der Waals surface area contributed by atoms with Crippen LogP contribution in [0.2, 0.25) is 10.0 Å². The average molecular weight is 467 g/mol. The Morgan fingerprint density at radius 1 is 0.844 bits per heavy atom. The van der Waals surface area contributed by atoms with Crippen molar-refractivity contribution in [1.29, 1.82) is 0 Å². The molecule has 1 amide bonds. The van der Waals surface area contributed by atoms with Crippen LogP contribution in [0.15, 0.2) is 66.7 Å². The fourth-order valence-electron chi connectivity index (χ4n) is 3.90. The van der Waals surface area contributed by atoms with Crippen LogP contribution in [0.3, 0.4) is 0 Å². The first-order chi connectivity index (χ1) is 15.4. The normalized spacial score (nSPS) is 14.4. The molecule has 1 saturated heterocycles. The molecule has 0 aromatic heterocycles. The first-order valence-electron chi connectivity index (χ1n) is 10.6. The molecule has 1 aliphatic rings. The van der Waals surface area contributed by atoms with E-state index in [1.165, 1.54) is 0 Å². The molecular weight excluding hydrogens is 443 g/mol. The van der Waals surface area contributed by atoms with E-state index >= 15 is 0 Å². The molecule has 3 aromatic rings. The van der Waals surface area contributed by atoms with Crippen molar-refractivity contribution in [3.63, 3.8) is 0 Å². The highest BCUT2D eigenvalue weighted by molar-refractivity contribution is 6.35. The van der Waals surface area contributed by atoms with E-state index in [0.717, 1.165) is 24.2 Å². The second-order valence-electron chi connectivity index (χ2n) is 8.04. The zero-order valence-electron chi connectivity index (χ0n) is 17.9. The van der Waals surface area contributed by atoms with Gasteiger partial charge < -0.3 is 4.90 Å². The number of aryl methyl sites for hydroxylation is 1. The van der Waals surface area contributed by atoms with Crippen LogP contribution >= 0.6 is 23.2 Å². The molecule has 0 unspecified atom stereocenters. The highest BCUT2D eigenvalue weighted by Gasteiger charge is 2.26. The van der Waals surface area contributed by atoms with Crippen molar-refractivity contribution in [2.24, 2.45) is 0 Å². The molecule has 0 N–H and O–H groups in total. The lowest BCUT2D eigenvalue weighted by molar-refractivity contribution is 0.0625. The van der Waals surface area contributed by atoms with Gasteiger partial charge in [0.15, 0.2) is 5.78 Å². The highest BCUT2D eigenvalue weighted by atomic mass is 35.5. The minimum absolute atomic E-state index is 0.106. The minimum Gasteiger partial charge on any atom is -0.336 e. The number of piperazine rings is 1. The minimum atomic E-state index is -0.134. The Kier molecular flexibility index (Phi) is 6.95. The molecule has 0 atom stereocenters. The van der Waals surface area contributed by atoms with Gasteiger partial charge in [-0.25, -0.2) is 0 Å². The van der Waals surface area contributed by atoms with Gasteiger partial charge in [-0.3, -0.25) is 14.5 Å². The summed E-state index contributed by atoms with van der Waals surface area (Å²) in [7, 11) is 0. The summed E-state index contributed by atoms with van der Waals surface area (Å²) in [5.41, 5.74) is 3.58. The van der Waals surface area contributed by atoms with E-state index in [1.54, 1.807) is 42.5 Å². The summed E-state index contributed by atoms with van der Waals surface area (Å²) >= 11 is 12.3. The Labute approximate surface area is 198 Å². The van der Waals surface area contributed by atoms with E-state index in [1.807, 2.05) is 36.1 Å². The molecule has 0 bridgehead atoms. The Balaban J connectivity index is 1.44. The van der Waals surface area contributed by atoms with Crippen LogP contribution in [0.4, 0.5) is 0 Å². The molecule has 6 heteroatoms. The van der Waals surface area contributed by atoms with E-state index in [4.69, 9.17) is 23.2 Å². The number of nitrogens with zero attached hydrogens (tertiary/aromatic N) is 2. The fraction of sp³-hybridized carbons (Fsp3) is 0.231. The van der Waals surface area contributed by atoms with Crippen molar-refractivity contribution in [3.8, 4) is 0 Å². The van der Waals surface area contributed by atoms with Crippen LogP contribution in [0, 0.1) is 6.92 Å². The zero-order chi connectivity index (χ0) is 22.7. The van der Waals surface area contributed by atoms with Gasteiger partial charge in [0.2, 0.25) is 0 Å². The monoisotopic (exact) mass is 466 g/mol. The van der Waals surface area contributed by atoms with Crippen molar-refractivity contribution in [2.75, 3.05) is 26.2 Å².